The van der Waals surface area contributed by atoms with E-state index in [-0.39, 0.29) is 17.5 Å². The topological polar surface area (TPSA) is 92.5 Å². The Morgan fingerprint density at radius 2 is 1.93 bits per heavy atom. The highest BCUT2D eigenvalue weighted by atomic mass is 16.3. The lowest BCUT2D eigenvalue weighted by molar-refractivity contribution is 0.394. The molecule has 0 fully saturated rings. The first-order chi connectivity index (χ1) is 7.16. The van der Waals surface area contributed by atoms with Crippen LogP contribution in [0.2, 0.25) is 0 Å². The lowest BCUT2D eigenvalue weighted by Crippen LogP contribution is -2.11. The average Bonchev–Trinajstić information content (AvgIpc) is 2.22. The van der Waals surface area contributed by atoms with Crippen LogP contribution in [0.3, 0.4) is 0 Å². The van der Waals surface area contributed by atoms with Gasteiger partial charge in [-0.15, -0.1) is 0 Å². The maximum absolute atomic E-state index is 9.57. The zero-order valence-corrected chi connectivity index (χ0v) is 8.69. The lowest BCUT2D eigenvalue weighted by Gasteiger charge is -2.13. The largest absolute Gasteiger partial charge is 0.504 e. The molecule has 15 heavy (non-hydrogen) atoms. The fraction of sp³-hybridized carbons (Fsp3) is 0.455. The van der Waals surface area contributed by atoms with E-state index in [9.17, 15) is 10.2 Å². The first-order valence-corrected chi connectivity index (χ1v) is 5.13. The number of rotatable bonds is 5. The van der Waals surface area contributed by atoms with Gasteiger partial charge in [0.2, 0.25) is 0 Å². The van der Waals surface area contributed by atoms with Gasteiger partial charge >= 0.3 is 0 Å². The van der Waals surface area contributed by atoms with Gasteiger partial charge in [-0.3, -0.25) is 0 Å². The lowest BCUT2D eigenvalue weighted by atomic mass is 10.0. The van der Waals surface area contributed by atoms with Crippen molar-refractivity contribution in [3.8, 4) is 11.5 Å². The highest BCUT2D eigenvalue weighted by molar-refractivity contribution is 5.45. The van der Waals surface area contributed by atoms with Crippen molar-refractivity contribution in [2.45, 2.75) is 25.3 Å². The Balaban J connectivity index is 2.65. The number of hydrogen-bond acceptors (Lipinski definition) is 4. The number of phenols is 2. The quantitative estimate of drug-likeness (QED) is 0.434. The molecule has 1 aromatic carbocycles. The summed E-state index contributed by atoms with van der Waals surface area (Å²) < 4.78 is 0. The van der Waals surface area contributed by atoms with E-state index in [2.05, 4.69) is 0 Å². The molecule has 0 aliphatic heterocycles. The van der Waals surface area contributed by atoms with Crippen LogP contribution in [0.25, 0.3) is 0 Å². The number of aromatic hydroxyl groups is 2. The van der Waals surface area contributed by atoms with Gasteiger partial charge in [0.1, 0.15) is 0 Å². The fourth-order valence-corrected chi connectivity index (χ4v) is 1.51. The highest BCUT2D eigenvalue weighted by Crippen LogP contribution is 2.33. The Labute approximate surface area is 89.5 Å². The normalized spacial score (nSPS) is 12.7. The molecule has 1 aromatic rings. The van der Waals surface area contributed by atoms with Crippen LogP contribution in [0.15, 0.2) is 18.2 Å². The molecule has 0 radical (unpaired) electrons. The van der Waals surface area contributed by atoms with Gasteiger partial charge in [0.15, 0.2) is 11.5 Å². The minimum absolute atomic E-state index is 0.113. The first kappa shape index (κ1) is 11.8. The van der Waals surface area contributed by atoms with Gasteiger partial charge in [0, 0.05) is 11.6 Å². The van der Waals surface area contributed by atoms with Crippen LogP contribution in [0, 0.1) is 0 Å². The molecule has 0 aromatic heterocycles. The summed E-state index contributed by atoms with van der Waals surface area (Å²) >= 11 is 0. The van der Waals surface area contributed by atoms with Gasteiger partial charge in [-0.1, -0.05) is 18.6 Å². The molecule has 0 unspecified atom stereocenters. The molecule has 4 heteroatoms. The Kier molecular flexibility index (Phi) is 4.39. The number of benzene rings is 1. The molecule has 84 valence electrons. The summed E-state index contributed by atoms with van der Waals surface area (Å²) in [6.07, 6.45) is 2.61. The monoisotopic (exact) mass is 210 g/mol. The van der Waals surface area contributed by atoms with Gasteiger partial charge < -0.3 is 21.7 Å². The Morgan fingerprint density at radius 3 is 2.60 bits per heavy atom. The van der Waals surface area contributed by atoms with Crippen LogP contribution in [0.1, 0.15) is 30.9 Å². The van der Waals surface area contributed by atoms with Crippen LogP contribution in [-0.4, -0.2) is 16.8 Å². The molecule has 0 saturated carbocycles. The first-order valence-electron chi connectivity index (χ1n) is 5.13. The van der Waals surface area contributed by atoms with Gasteiger partial charge in [-0.25, -0.2) is 0 Å². The Hall–Kier alpha value is -1.26. The van der Waals surface area contributed by atoms with Gasteiger partial charge in [0.05, 0.1) is 0 Å². The minimum atomic E-state index is -0.247. The minimum Gasteiger partial charge on any atom is -0.504 e. The maximum atomic E-state index is 9.57. The van der Waals surface area contributed by atoms with Crippen molar-refractivity contribution in [1.29, 1.82) is 0 Å². The standard InChI is InChI=1S/C11H18N2O2/c12-7-2-1-5-9(13)8-4-3-6-10(14)11(8)15/h3-4,6,9,14-15H,1-2,5,7,12-13H2/t9-/m1/s1. The summed E-state index contributed by atoms with van der Waals surface area (Å²) in [5.74, 6) is -0.237. The predicted octanol–water partition coefficient (Wildman–Crippen LogP) is 1.23. The second-order valence-corrected chi connectivity index (χ2v) is 3.61. The maximum Gasteiger partial charge on any atom is 0.162 e. The molecule has 0 spiro atoms. The van der Waals surface area contributed by atoms with Crippen molar-refractivity contribution >= 4 is 0 Å². The summed E-state index contributed by atoms with van der Waals surface area (Å²) in [5.41, 5.74) is 11.9. The molecular formula is C11H18N2O2. The summed E-state index contributed by atoms with van der Waals surface area (Å²) in [7, 11) is 0. The van der Waals surface area contributed by atoms with E-state index in [1.165, 1.54) is 6.07 Å². The number of para-hydroxylation sites is 1. The zero-order chi connectivity index (χ0) is 11.3. The van der Waals surface area contributed by atoms with Crippen molar-refractivity contribution in [1.82, 2.24) is 0 Å². The van der Waals surface area contributed by atoms with Crippen LogP contribution < -0.4 is 11.5 Å². The van der Waals surface area contributed by atoms with Crippen molar-refractivity contribution in [2.75, 3.05) is 6.54 Å². The molecule has 0 amide bonds. The average molecular weight is 210 g/mol. The molecule has 0 aliphatic carbocycles. The molecule has 0 aliphatic rings. The predicted molar refractivity (Wildman–Crippen MR) is 59.6 cm³/mol. The molecule has 1 rings (SSSR count). The molecular weight excluding hydrogens is 192 g/mol. The molecule has 0 saturated heterocycles. The van der Waals surface area contributed by atoms with E-state index in [4.69, 9.17) is 11.5 Å². The van der Waals surface area contributed by atoms with Gasteiger partial charge in [-0.2, -0.15) is 0 Å². The van der Waals surface area contributed by atoms with E-state index in [0.29, 0.717) is 12.1 Å². The Bertz CT molecular complexity index is 315. The smallest absolute Gasteiger partial charge is 0.162 e. The third-order valence-electron chi connectivity index (χ3n) is 2.41. The summed E-state index contributed by atoms with van der Waals surface area (Å²) in [6.45, 7) is 0.652. The summed E-state index contributed by atoms with van der Waals surface area (Å²) in [4.78, 5) is 0. The van der Waals surface area contributed by atoms with Crippen LogP contribution in [0.4, 0.5) is 0 Å². The zero-order valence-electron chi connectivity index (χ0n) is 8.69. The van der Waals surface area contributed by atoms with E-state index in [1.807, 2.05) is 0 Å². The Morgan fingerprint density at radius 1 is 1.20 bits per heavy atom. The van der Waals surface area contributed by atoms with Crippen LogP contribution in [0.5, 0.6) is 11.5 Å². The second kappa shape index (κ2) is 5.58. The van der Waals surface area contributed by atoms with E-state index >= 15 is 0 Å². The number of phenolic OH excluding ortho intramolecular Hbond substituents is 2. The molecule has 1 atom stereocenters. The van der Waals surface area contributed by atoms with Crippen LogP contribution in [-0.2, 0) is 0 Å². The SMILES string of the molecule is NCCCC[C@@H](N)c1cccc(O)c1O. The van der Waals surface area contributed by atoms with Crippen LogP contribution >= 0.6 is 0 Å². The molecule has 0 bridgehead atoms. The highest BCUT2D eigenvalue weighted by Gasteiger charge is 2.12. The van der Waals surface area contributed by atoms with Gasteiger partial charge in [-0.05, 0) is 25.5 Å². The molecule has 6 N–H and O–H groups in total. The third kappa shape index (κ3) is 3.11. The van der Waals surface area contributed by atoms with Crippen molar-refractivity contribution < 1.29 is 10.2 Å². The fourth-order valence-electron chi connectivity index (χ4n) is 1.51. The number of unbranched alkanes of at least 4 members (excludes halogenated alkanes) is 1. The molecule has 0 heterocycles. The van der Waals surface area contributed by atoms with Crippen molar-refractivity contribution in [3.05, 3.63) is 23.8 Å². The van der Waals surface area contributed by atoms with Gasteiger partial charge in [0.25, 0.3) is 0 Å². The summed E-state index contributed by atoms with van der Waals surface area (Å²) in [6, 6.07) is 4.59. The third-order valence-corrected chi connectivity index (χ3v) is 2.41. The van der Waals surface area contributed by atoms with E-state index in [0.717, 1.165) is 19.3 Å². The second-order valence-electron chi connectivity index (χ2n) is 3.61. The number of hydrogen-bond donors (Lipinski definition) is 4. The number of nitrogens with two attached hydrogens (primary N) is 2. The van der Waals surface area contributed by atoms with Crippen molar-refractivity contribution in [3.63, 3.8) is 0 Å². The van der Waals surface area contributed by atoms with E-state index in [1.54, 1.807) is 12.1 Å². The summed E-state index contributed by atoms with van der Waals surface area (Å²) in [5, 5.41) is 18.9. The van der Waals surface area contributed by atoms with Crippen molar-refractivity contribution in [2.24, 2.45) is 11.5 Å². The van der Waals surface area contributed by atoms with E-state index < -0.39 is 0 Å². The molecule has 4 nitrogen and oxygen atoms in total.